The minimum atomic E-state index is -0.448. The third-order valence-electron chi connectivity index (χ3n) is 4.55. The van der Waals surface area contributed by atoms with E-state index in [0.717, 1.165) is 5.56 Å². The lowest BCUT2D eigenvalue weighted by Crippen LogP contribution is -2.15. The van der Waals surface area contributed by atoms with Gasteiger partial charge in [-0.1, -0.05) is 80.6 Å². The molecule has 1 heterocycles. The summed E-state index contributed by atoms with van der Waals surface area (Å²) < 4.78 is 1.79. The predicted octanol–water partition coefficient (Wildman–Crippen LogP) is 3.74. The second kappa shape index (κ2) is 8.21. The first-order chi connectivity index (χ1) is 13.3. The van der Waals surface area contributed by atoms with Crippen LogP contribution >= 0.6 is 0 Å². The van der Waals surface area contributed by atoms with Crippen molar-refractivity contribution < 1.29 is 4.79 Å². The van der Waals surface area contributed by atoms with Crippen molar-refractivity contribution in [1.82, 2.24) is 15.0 Å². The first kappa shape index (κ1) is 19.5. The number of aromatic nitrogens is 3. The lowest BCUT2D eigenvalue weighted by atomic mass is 9.86. The van der Waals surface area contributed by atoms with E-state index in [9.17, 15) is 4.79 Å². The molecule has 5 heteroatoms. The molecule has 0 bridgehead atoms. The van der Waals surface area contributed by atoms with Crippen molar-refractivity contribution in [2.24, 2.45) is 5.73 Å². The molecule has 144 valence electrons. The standard InChI is InChI=1S/C23H26N4O/c1-23(2,3)20-11-7-10-18(13-20)15-27-16-21(25-26-27)14-19(22(24)28)12-17-8-5-4-6-9-17/h4-13,16H,14-15H2,1-3H3,(H2,24,28). The zero-order valence-corrected chi connectivity index (χ0v) is 16.6. The average molecular weight is 374 g/mol. The molecule has 3 rings (SSSR count). The van der Waals surface area contributed by atoms with Gasteiger partial charge in [0.2, 0.25) is 5.91 Å². The van der Waals surface area contributed by atoms with Gasteiger partial charge in [-0.3, -0.25) is 4.79 Å². The molecular formula is C23H26N4O. The Kier molecular flexibility index (Phi) is 5.73. The van der Waals surface area contributed by atoms with Gasteiger partial charge in [-0.15, -0.1) is 5.10 Å². The molecular weight excluding hydrogens is 348 g/mol. The maximum absolute atomic E-state index is 11.8. The highest BCUT2D eigenvalue weighted by Crippen LogP contribution is 2.23. The molecule has 2 aromatic carbocycles. The van der Waals surface area contributed by atoms with Gasteiger partial charge >= 0.3 is 0 Å². The van der Waals surface area contributed by atoms with E-state index in [0.29, 0.717) is 24.2 Å². The van der Waals surface area contributed by atoms with E-state index in [1.807, 2.05) is 36.5 Å². The minimum Gasteiger partial charge on any atom is -0.366 e. The predicted molar refractivity (Wildman–Crippen MR) is 112 cm³/mol. The second-order valence-electron chi connectivity index (χ2n) is 7.98. The minimum absolute atomic E-state index is 0.0994. The van der Waals surface area contributed by atoms with E-state index in [1.165, 1.54) is 11.1 Å². The molecule has 0 radical (unpaired) electrons. The van der Waals surface area contributed by atoms with Crippen LogP contribution in [0.4, 0.5) is 0 Å². The van der Waals surface area contributed by atoms with Crippen molar-refractivity contribution in [3.05, 3.63) is 88.8 Å². The molecule has 5 nitrogen and oxygen atoms in total. The third kappa shape index (κ3) is 5.16. The van der Waals surface area contributed by atoms with Crippen LogP contribution in [0.2, 0.25) is 0 Å². The number of nitrogens with two attached hydrogens (primary N) is 1. The van der Waals surface area contributed by atoms with Crippen LogP contribution in [0.1, 0.15) is 43.2 Å². The van der Waals surface area contributed by atoms with Crippen LogP contribution in [0.15, 0.2) is 66.4 Å². The maximum atomic E-state index is 11.8. The van der Waals surface area contributed by atoms with Crippen LogP contribution in [-0.4, -0.2) is 20.9 Å². The first-order valence-corrected chi connectivity index (χ1v) is 9.35. The van der Waals surface area contributed by atoms with Gasteiger partial charge in [0.25, 0.3) is 0 Å². The summed E-state index contributed by atoms with van der Waals surface area (Å²) in [6.45, 7) is 7.23. The summed E-state index contributed by atoms with van der Waals surface area (Å²) in [4.78, 5) is 11.8. The zero-order valence-electron chi connectivity index (χ0n) is 16.6. The van der Waals surface area contributed by atoms with Crippen LogP contribution in [0, 0.1) is 0 Å². The molecule has 0 aliphatic carbocycles. The van der Waals surface area contributed by atoms with E-state index in [-0.39, 0.29) is 5.41 Å². The monoisotopic (exact) mass is 374 g/mol. The number of primary amides is 1. The Morgan fingerprint density at radius 3 is 2.54 bits per heavy atom. The van der Waals surface area contributed by atoms with Crippen molar-refractivity contribution in [3.8, 4) is 0 Å². The Morgan fingerprint density at radius 2 is 1.86 bits per heavy atom. The van der Waals surface area contributed by atoms with Crippen molar-refractivity contribution in [2.75, 3.05) is 0 Å². The second-order valence-corrected chi connectivity index (χ2v) is 7.98. The van der Waals surface area contributed by atoms with Crippen LogP contribution in [0.3, 0.4) is 0 Å². The summed E-state index contributed by atoms with van der Waals surface area (Å²) in [6, 6.07) is 18.1. The highest BCUT2D eigenvalue weighted by Gasteiger charge is 2.14. The number of hydrogen-bond donors (Lipinski definition) is 1. The van der Waals surface area contributed by atoms with Gasteiger partial charge in [-0.2, -0.15) is 0 Å². The lowest BCUT2D eigenvalue weighted by Gasteiger charge is -2.19. The number of amides is 1. The van der Waals surface area contributed by atoms with Crippen LogP contribution in [0.5, 0.6) is 0 Å². The van der Waals surface area contributed by atoms with Gasteiger partial charge in [0.15, 0.2) is 0 Å². The van der Waals surface area contributed by atoms with Gasteiger partial charge < -0.3 is 5.73 Å². The molecule has 1 aromatic heterocycles. The Labute approximate surface area is 165 Å². The van der Waals surface area contributed by atoms with E-state index >= 15 is 0 Å². The summed E-state index contributed by atoms with van der Waals surface area (Å²) in [6.07, 6.45) is 4.02. The third-order valence-corrected chi connectivity index (χ3v) is 4.55. The van der Waals surface area contributed by atoms with Crippen LogP contribution in [-0.2, 0) is 23.2 Å². The Morgan fingerprint density at radius 1 is 1.11 bits per heavy atom. The topological polar surface area (TPSA) is 73.8 Å². The Bertz CT molecular complexity index is 981. The summed E-state index contributed by atoms with van der Waals surface area (Å²) in [5.74, 6) is -0.448. The van der Waals surface area contributed by atoms with Gasteiger partial charge in [0.1, 0.15) is 0 Å². The zero-order chi connectivity index (χ0) is 20.1. The van der Waals surface area contributed by atoms with E-state index < -0.39 is 5.91 Å². The van der Waals surface area contributed by atoms with Gasteiger partial charge in [-0.25, -0.2) is 4.68 Å². The van der Waals surface area contributed by atoms with E-state index in [4.69, 9.17) is 5.73 Å². The van der Waals surface area contributed by atoms with E-state index in [2.05, 4.69) is 55.3 Å². The first-order valence-electron chi connectivity index (χ1n) is 9.35. The van der Waals surface area contributed by atoms with E-state index in [1.54, 1.807) is 10.8 Å². The summed E-state index contributed by atoms with van der Waals surface area (Å²) in [5, 5.41) is 8.42. The van der Waals surface area contributed by atoms with Gasteiger partial charge in [0.05, 0.1) is 12.2 Å². The van der Waals surface area contributed by atoms with Crippen molar-refractivity contribution >= 4 is 12.0 Å². The summed E-state index contributed by atoms with van der Waals surface area (Å²) in [5.41, 5.74) is 10.3. The Hall–Kier alpha value is -3.21. The molecule has 0 aliphatic rings. The van der Waals surface area contributed by atoms with Gasteiger partial charge in [0, 0.05) is 18.2 Å². The number of nitrogens with zero attached hydrogens (tertiary/aromatic N) is 3. The van der Waals surface area contributed by atoms with Gasteiger partial charge in [-0.05, 0) is 28.2 Å². The fraction of sp³-hybridized carbons (Fsp3) is 0.261. The number of rotatable bonds is 6. The lowest BCUT2D eigenvalue weighted by molar-refractivity contribution is -0.114. The maximum Gasteiger partial charge on any atom is 0.245 e. The molecule has 0 spiro atoms. The molecule has 0 unspecified atom stereocenters. The fourth-order valence-corrected chi connectivity index (χ4v) is 2.97. The molecule has 1 amide bonds. The Balaban J connectivity index is 1.75. The number of benzene rings is 2. The number of carbonyl (C=O) groups excluding carboxylic acids is 1. The molecule has 0 fully saturated rings. The highest BCUT2D eigenvalue weighted by molar-refractivity contribution is 5.96. The molecule has 2 N–H and O–H groups in total. The van der Waals surface area contributed by atoms with Crippen molar-refractivity contribution in [1.29, 1.82) is 0 Å². The highest BCUT2D eigenvalue weighted by atomic mass is 16.1. The fourth-order valence-electron chi connectivity index (χ4n) is 2.97. The molecule has 0 atom stereocenters. The summed E-state index contributed by atoms with van der Waals surface area (Å²) >= 11 is 0. The van der Waals surface area contributed by atoms with Crippen molar-refractivity contribution in [2.45, 2.75) is 39.2 Å². The number of hydrogen-bond acceptors (Lipinski definition) is 3. The molecule has 3 aromatic rings. The quantitative estimate of drug-likeness (QED) is 0.668. The number of carbonyl (C=O) groups is 1. The van der Waals surface area contributed by atoms with Crippen LogP contribution in [0.25, 0.3) is 6.08 Å². The smallest absolute Gasteiger partial charge is 0.245 e. The average Bonchev–Trinajstić information content (AvgIpc) is 3.08. The SMILES string of the molecule is CC(C)(C)c1cccc(Cn2cc(CC(=Cc3ccccc3)C(N)=O)nn2)c1. The molecule has 0 saturated carbocycles. The normalized spacial score (nSPS) is 12.2. The molecule has 0 saturated heterocycles. The largest absolute Gasteiger partial charge is 0.366 e. The van der Waals surface area contributed by atoms with Crippen molar-refractivity contribution in [3.63, 3.8) is 0 Å². The molecule has 28 heavy (non-hydrogen) atoms. The summed E-state index contributed by atoms with van der Waals surface area (Å²) in [7, 11) is 0. The van der Waals surface area contributed by atoms with Crippen LogP contribution < -0.4 is 5.73 Å². The molecule has 0 aliphatic heterocycles.